The van der Waals surface area contributed by atoms with Gasteiger partial charge in [0.2, 0.25) is 11.0 Å². The van der Waals surface area contributed by atoms with Crippen molar-refractivity contribution in [2.45, 2.75) is 32.7 Å². The molecular formula is C15H17N5OS. The maximum atomic E-state index is 11.6. The molecule has 0 saturated carbocycles. The molecule has 1 atom stereocenters. The van der Waals surface area contributed by atoms with Gasteiger partial charge in [-0.2, -0.15) is 5.26 Å². The number of hydrogen-bond acceptors (Lipinski definition) is 6. The van der Waals surface area contributed by atoms with E-state index < -0.39 is 6.04 Å². The minimum atomic E-state index is -0.759. The molecule has 1 aromatic carbocycles. The number of aromatic nitrogens is 2. The molecule has 0 saturated heterocycles. The molecule has 2 rings (SSSR count). The van der Waals surface area contributed by atoms with Gasteiger partial charge in [0.15, 0.2) is 11.0 Å². The number of hydrogen-bond donors (Lipinski definition) is 2. The lowest BCUT2D eigenvalue weighted by Gasteiger charge is -2.07. The molecule has 0 radical (unpaired) electrons. The molecule has 2 aromatic rings. The van der Waals surface area contributed by atoms with E-state index in [2.05, 4.69) is 20.8 Å². The van der Waals surface area contributed by atoms with Crippen LogP contribution in [0.25, 0.3) is 0 Å². The second kappa shape index (κ2) is 7.52. The first kappa shape index (κ1) is 15.9. The molecule has 0 spiro atoms. The van der Waals surface area contributed by atoms with Crippen molar-refractivity contribution >= 4 is 28.1 Å². The van der Waals surface area contributed by atoms with Crippen LogP contribution < -0.4 is 10.6 Å². The first-order valence-electron chi connectivity index (χ1n) is 6.98. The number of carbonyl (C=O) groups excluding carboxylic acids is 1. The molecule has 22 heavy (non-hydrogen) atoms. The highest BCUT2D eigenvalue weighted by Gasteiger charge is 2.18. The molecule has 1 aromatic heterocycles. The Morgan fingerprint density at radius 2 is 2.09 bits per heavy atom. The number of benzene rings is 1. The Morgan fingerprint density at radius 1 is 1.36 bits per heavy atom. The Kier molecular flexibility index (Phi) is 5.44. The van der Waals surface area contributed by atoms with E-state index in [9.17, 15) is 10.1 Å². The fourth-order valence-electron chi connectivity index (χ4n) is 1.77. The van der Waals surface area contributed by atoms with Gasteiger partial charge in [0.05, 0.1) is 6.07 Å². The number of nitrogens with one attached hydrogen (secondary N) is 2. The summed E-state index contributed by atoms with van der Waals surface area (Å²) in [6.07, 6.45) is 1.13. The average molecular weight is 315 g/mol. The molecule has 2 N–H and O–H groups in total. The SMILES string of the molecule is CCCC(=O)NC(C#N)c1nnc(Nc2ccc(C)cc2)s1. The van der Waals surface area contributed by atoms with E-state index in [0.717, 1.165) is 12.1 Å². The first-order valence-corrected chi connectivity index (χ1v) is 7.80. The topological polar surface area (TPSA) is 90.7 Å². The summed E-state index contributed by atoms with van der Waals surface area (Å²) in [6, 6.07) is 9.16. The molecule has 0 aliphatic carbocycles. The third kappa shape index (κ3) is 4.27. The van der Waals surface area contributed by atoms with Gasteiger partial charge in [-0.15, -0.1) is 10.2 Å². The summed E-state index contributed by atoms with van der Waals surface area (Å²) in [5.74, 6) is -0.155. The van der Waals surface area contributed by atoms with Gasteiger partial charge >= 0.3 is 0 Å². The van der Waals surface area contributed by atoms with E-state index in [4.69, 9.17) is 0 Å². The number of nitrogens with zero attached hydrogens (tertiary/aromatic N) is 3. The Labute approximate surface area is 133 Å². The zero-order chi connectivity index (χ0) is 15.9. The highest BCUT2D eigenvalue weighted by atomic mass is 32.1. The van der Waals surface area contributed by atoms with Crippen LogP contribution in [-0.2, 0) is 4.79 Å². The average Bonchev–Trinajstić information content (AvgIpc) is 2.96. The van der Waals surface area contributed by atoms with Crippen molar-refractivity contribution in [2.24, 2.45) is 0 Å². The Bertz CT molecular complexity index is 674. The fourth-order valence-corrected chi connectivity index (χ4v) is 2.53. The van der Waals surface area contributed by atoms with Crippen LogP contribution in [0.15, 0.2) is 24.3 Å². The van der Waals surface area contributed by atoms with E-state index in [1.807, 2.05) is 44.2 Å². The zero-order valence-electron chi connectivity index (χ0n) is 12.5. The van der Waals surface area contributed by atoms with Gasteiger partial charge in [0, 0.05) is 12.1 Å². The minimum Gasteiger partial charge on any atom is -0.335 e. The molecule has 0 fully saturated rings. The lowest BCUT2D eigenvalue weighted by Crippen LogP contribution is -2.27. The van der Waals surface area contributed by atoms with E-state index >= 15 is 0 Å². The maximum Gasteiger partial charge on any atom is 0.221 e. The van der Waals surface area contributed by atoms with E-state index in [1.165, 1.54) is 16.9 Å². The lowest BCUT2D eigenvalue weighted by atomic mass is 10.2. The summed E-state index contributed by atoms with van der Waals surface area (Å²) in [5.41, 5.74) is 2.07. The summed E-state index contributed by atoms with van der Waals surface area (Å²) in [5, 5.41) is 24.0. The van der Waals surface area contributed by atoms with Crippen LogP contribution >= 0.6 is 11.3 Å². The summed E-state index contributed by atoms with van der Waals surface area (Å²) < 4.78 is 0. The maximum absolute atomic E-state index is 11.6. The van der Waals surface area contributed by atoms with Crippen molar-refractivity contribution < 1.29 is 4.79 Å². The number of anilines is 2. The first-order chi connectivity index (χ1) is 10.6. The number of nitriles is 1. The van der Waals surface area contributed by atoms with Crippen LogP contribution in [0, 0.1) is 18.3 Å². The smallest absolute Gasteiger partial charge is 0.221 e. The van der Waals surface area contributed by atoms with Crippen molar-refractivity contribution in [1.29, 1.82) is 5.26 Å². The van der Waals surface area contributed by atoms with E-state index in [0.29, 0.717) is 16.6 Å². The number of rotatable bonds is 6. The Balaban J connectivity index is 2.04. The van der Waals surface area contributed by atoms with Crippen molar-refractivity contribution in [3.63, 3.8) is 0 Å². The molecule has 7 heteroatoms. The number of carbonyl (C=O) groups is 1. The Morgan fingerprint density at radius 3 is 2.73 bits per heavy atom. The summed E-state index contributed by atoms with van der Waals surface area (Å²) >= 11 is 1.25. The molecule has 0 bridgehead atoms. The van der Waals surface area contributed by atoms with Crippen LogP contribution in [0.1, 0.15) is 36.4 Å². The van der Waals surface area contributed by atoms with Crippen molar-refractivity contribution in [2.75, 3.05) is 5.32 Å². The van der Waals surface area contributed by atoms with Gasteiger partial charge < -0.3 is 10.6 Å². The molecule has 114 valence electrons. The van der Waals surface area contributed by atoms with Gasteiger partial charge in [-0.05, 0) is 25.5 Å². The predicted octanol–water partition coefficient (Wildman–Crippen LogP) is 3.07. The summed E-state index contributed by atoms with van der Waals surface area (Å²) in [7, 11) is 0. The third-order valence-electron chi connectivity index (χ3n) is 2.90. The van der Waals surface area contributed by atoms with Crippen LogP contribution in [0.5, 0.6) is 0 Å². The molecule has 1 unspecified atom stereocenters. The number of aryl methyl sites for hydroxylation is 1. The highest BCUT2D eigenvalue weighted by Crippen LogP contribution is 2.24. The second-order valence-corrected chi connectivity index (χ2v) is 5.83. The van der Waals surface area contributed by atoms with Gasteiger partial charge in [0.25, 0.3) is 0 Å². The predicted molar refractivity (Wildman–Crippen MR) is 85.8 cm³/mol. The van der Waals surface area contributed by atoms with Crippen molar-refractivity contribution in [3.05, 3.63) is 34.8 Å². The van der Waals surface area contributed by atoms with Crippen LogP contribution in [0.3, 0.4) is 0 Å². The molecule has 6 nitrogen and oxygen atoms in total. The van der Waals surface area contributed by atoms with Crippen molar-refractivity contribution in [3.8, 4) is 6.07 Å². The number of amides is 1. The molecule has 0 aliphatic rings. The normalized spacial score (nSPS) is 11.5. The monoisotopic (exact) mass is 315 g/mol. The zero-order valence-corrected chi connectivity index (χ0v) is 13.3. The molecule has 1 heterocycles. The molecule has 0 aliphatic heterocycles. The van der Waals surface area contributed by atoms with Crippen molar-refractivity contribution in [1.82, 2.24) is 15.5 Å². The van der Waals surface area contributed by atoms with Crippen LogP contribution in [0.4, 0.5) is 10.8 Å². The van der Waals surface area contributed by atoms with Gasteiger partial charge in [0.1, 0.15) is 0 Å². The highest BCUT2D eigenvalue weighted by molar-refractivity contribution is 7.15. The summed E-state index contributed by atoms with van der Waals surface area (Å²) in [6.45, 7) is 3.93. The van der Waals surface area contributed by atoms with E-state index in [-0.39, 0.29) is 5.91 Å². The molecular weight excluding hydrogens is 298 g/mol. The fraction of sp³-hybridized carbons (Fsp3) is 0.333. The van der Waals surface area contributed by atoms with Gasteiger partial charge in [-0.1, -0.05) is 36.0 Å². The van der Waals surface area contributed by atoms with Gasteiger partial charge in [-0.3, -0.25) is 4.79 Å². The largest absolute Gasteiger partial charge is 0.335 e. The third-order valence-corrected chi connectivity index (χ3v) is 3.81. The minimum absolute atomic E-state index is 0.155. The lowest BCUT2D eigenvalue weighted by molar-refractivity contribution is -0.121. The van der Waals surface area contributed by atoms with Crippen LogP contribution in [-0.4, -0.2) is 16.1 Å². The quantitative estimate of drug-likeness (QED) is 0.855. The standard InChI is InChI=1S/C15H17N5OS/c1-3-4-13(21)18-12(9-16)14-19-20-15(22-14)17-11-7-5-10(2)6-8-11/h5-8,12H,3-4H2,1-2H3,(H,17,20)(H,18,21). The second-order valence-electron chi connectivity index (χ2n) is 4.82. The summed E-state index contributed by atoms with van der Waals surface area (Å²) in [4.78, 5) is 11.6. The Hall–Kier alpha value is -2.46. The molecule has 1 amide bonds. The van der Waals surface area contributed by atoms with Crippen LogP contribution in [0.2, 0.25) is 0 Å². The van der Waals surface area contributed by atoms with E-state index in [1.54, 1.807) is 0 Å². The van der Waals surface area contributed by atoms with Gasteiger partial charge in [-0.25, -0.2) is 0 Å².